The summed E-state index contributed by atoms with van der Waals surface area (Å²) in [4.78, 5) is 5.10. The van der Waals surface area contributed by atoms with E-state index < -0.39 is 0 Å². The summed E-state index contributed by atoms with van der Waals surface area (Å²) < 4.78 is 0. The van der Waals surface area contributed by atoms with E-state index in [0.29, 0.717) is 5.84 Å². The lowest BCUT2D eigenvalue weighted by molar-refractivity contribution is 0.661. The smallest absolute Gasteiger partial charge is 0.131 e. The van der Waals surface area contributed by atoms with Crippen molar-refractivity contribution in [1.82, 2.24) is 0 Å². The lowest BCUT2D eigenvalue weighted by Gasteiger charge is -2.22. The summed E-state index contributed by atoms with van der Waals surface area (Å²) in [6.07, 6.45) is 2.95. The maximum absolute atomic E-state index is 6.69. The highest BCUT2D eigenvalue weighted by Crippen LogP contribution is 2.52. The van der Waals surface area contributed by atoms with Gasteiger partial charge >= 0.3 is 0 Å². The van der Waals surface area contributed by atoms with Gasteiger partial charge in [0.15, 0.2) is 0 Å². The van der Waals surface area contributed by atoms with Crippen LogP contribution in [-0.4, -0.2) is 5.84 Å². The monoisotopic (exact) mass is 730 g/mol. The molecule has 2 nitrogen and oxygen atoms in total. The largest absolute Gasteiger partial charge is 0.383 e. The standard InChI is InChI=1S/C55H42N2/c1-55(2)50-32-27-39(35-49(50)53-41-20-10-9-17-37(41)26-33-51(53)55)40-28-29-46(43-22-12-11-21-42(40)43)47-30-31-48(45-24-14-13-23-44(45)47)52(34-25-36-15-5-3-6-16-36)57-54(56)38-18-7-4-8-19-38/h3-24,26-35H,25H2,1-2H3,(H2,56,57)/b52-34-. The molecule has 10 rings (SSSR count). The number of benzene rings is 9. The highest BCUT2D eigenvalue weighted by Gasteiger charge is 2.36. The van der Waals surface area contributed by atoms with Crippen molar-refractivity contribution in [1.29, 1.82) is 0 Å². The quantitative estimate of drug-likeness (QED) is 0.129. The molecule has 0 saturated carbocycles. The minimum atomic E-state index is -0.0679. The van der Waals surface area contributed by atoms with Crippen LogP contribution in [0.15, 0.2) is 199 Å². The molecule has 0 unspecified atom stereocenters. The maximum atomic E-state index is 6.69. The Morgan fingerprint density at radius 3 is 1.81 bits per heavy atom. The number of rotatable bonds is 7. The molecular formula is C55H42N2. The third-order valence-electron chi connectivity index (χ3n) is 12.0. The SMILES string of the molecule is CC1(C)c2ccc(-c3ccc(-c4ccc(/C(=C/Cc5ccccc5)N=C(N)c5ccccc5)c5ccccc45)c4ccccc34)cc2-c2c1ccc1ccccc21. The Labute approximate surface area is 334 Å². The van der Waals surface area contributed by atoms with Gasteiger partial charge in [-0.15, -0.1) is 0 Å². The van der Waals surface area contributed by atoms with Crippen LogP contribution < -0.4 is 5.73 Å². The second-order valence-electron chi connectivity index (χ2n) is 15.6. The molecule has 57 heavy (non-hydrogen) atoms. The van der Waals surface area contributed by atoms with Crippen LogP contribution in [0.2, 0.25) is 0 Å². The van der Waals surface area contributed by atoms with Gasteiger partial charge in [0.1, 0.15) is 5.84 Å². The molecule has 9 aromatic carbocycles. The molecule has 0 heterocycles. The van der Waals surface area contributed by atoms with E-state index >= 15 is 0 Å². The van der Waals surface area contributed by atoms with Gasteiger partial charge in [-0.25, -0.2) is 4.99 Å². The number of nitrogens with two attached hydrogens (primary N) is 1. The van der Waals surface area contributed by atoms with E-state index in [9.17, 15) is 0 Å². The van der Waals surface area contributed by atoms with Crippen LogP contribution in [-0.2, 0) is 11.8 Å². The molecular weight excluding hydrogens is 689 g/mol. The molecule has 0 radical (unpaired) electrons. The molecule has 9 aromatic rings. The van der Waals surface area contributed by atoms with Gasteiger partial charge in [-0.1, -0.05) is 202 Å². The zero-order valence-electron chi connectivity index (χ0n) is 32.2. The second kappa shape index (κ2) is 13.9. The minimum absolute atomic E-state index is 0.0679. The molecule has 1 aliphatic carbocycles. The summed E-state index contributed by atoms with van der Waals surface area (Å²) in [5.41, 5.74) is 21.0. The first-order valence-corrected chi connectivity index (χ1v) is 19.8. The van der Waals surface area contributed by atoms with E-state index in [1.165, 1.54) is 77.0 Å². The number of hydrogen-bond acceptors (Lipinski definition) is 1. The Balaban J connectivity index is 1.11. The van der Waals surface area contributed by atoms with E-state index in [1.807, 2.05) is 30.3 Å². The number of hydrogen-bond donors (Lipinski definition) is 1. The molecule has 0 atom stereocenters. The summed E-state index contributed by atoms with van der Waals surface area (Å²) >= 11 is 0. The average Bonchev–Trinajstić information content (AvgIpc) is 3.50. The Bertz CT molecular complexity index is 3060. The van der Waals surface area contributed by atoms with Crippen molar-refractivity contribution in [3.8, 4) is 33.4 Å². The first-order valence-electron chi connectivity index (χ1n) is 19.8. The molecule has 272 valence electrons. The molecule has 0 amide bonds. The van der Waals surface area contributed by atoms with Crippen molar-refractivity contribution in [2.45, 2.75) is 25.7 Å². The van der Waals surface area contributed by atoms with Gasteiger partial charge in [-0.05, 0) is 94.9 Å². The van der Waals surface area contributed by atoms with Crippen LogP contribution in [0.4, 0.5) is 0 Å². The van der Waals surface area contributed by atoms with Gasteiger partial charge < -0.3 is 5.73 Å². The zero-order chi connectivity index (χ0) is 38.5. The lowest BCUT2D eigenvalue weighted by atomic mass is 9.81. The first kappa shape index (κ1) is 34.5. The number of aliphatic imine (C=N–C) groups is 1. The minimum Gasteiger partial charge on any atom is -0.383 e. The second-order valence-corrected chi connectivity index (χ2v) is 15.6. The van der Waals surface area contributed by atoms with Gasteiger partial charge in [-0.3, -0.25) is 0 Å². The molecule has 0 spiro atoms. The Morgan fingerprint density at radius 1 is 0.509 bits per heavy atom. The van der Waals surface area contributed by atoms with Crippen LogP contribution in [0.25, 0.3) is 71.4 Å². The molecule has 2 N–H and O–H groups in total. The predicted molar refractivity (Wildman–Crippen MR) is 243 cm³/mol. The highest BCUT2D eigenvalue weighted by atomic mass is 14.9. The molecule has 0 bridgehead atoms. The summed E-state index contributed by atoms with van der Waals surface area (Å²) in [6, 6.07) is 67.8. The fourth-order valence-electron chi connectivity index (χ4n) is 9.08. The maximum Gasteiger partial charge on any atom is 0.131 e. The van der Waals surface area contributed by atoms with Crippen molar-refractivity contribution < 1.29 is 0 Å². The molecule has 2 heteroatoms. The van der Waals surface area contributed by atoms with Crippen LogP contribution >= 0.6 is 0 Å². The van der Waals surface area contributed by atoms with Gasteiger partial charge in [0.25, 0.3) is 0 Å². The van der Waals surface area contributed by atoms with E-state index in [1.54, 1.807) is 0 Å². The third kappa shape index (κ3) is 5.93. The Hall–Kier alpha value is -7.03. The van der Waals surface area contributed by atoms with Crippen LogP contribution in [0.5, 0.6) is 0 Å². The van der Waals surface area contributed by atoms with Crippen LogP contribution in [0.3, 0.4) is 0 Å². The van der Waals surface area contributed by atoms with Crippen molar-refractivity contribution in [3.05, 3.63) is 222 Å². The lowest BCUT2D eigenvalue weighted by Crippen LogP contribution is -2.14. The molecule has 0 fully saturated rings. The Kier molecular flexibility index (Phi) is 8.42. The number of allylic oxidation sites excluding steroid dienone is 1. The molecule has 1 aliphatic rings. The number of amidine groups is 1. The third-order valence-corrected chi connectivity index (χ3v) is 12.0. The molecule has 0 aromatic heterocycles. The van der Waals surface area contributed by atoms with Crippen molar-refractivity contribution in [3.63, 3.8) is 0 Å². The van der Waals surface area contributed by atoms with E-state index in [4.69, 9.17) is 10.7 Å². The van der Waals surface area contributed by atoms with Crippen LogP contribution in [0, 0.1) is 0 Å². The average molecular weight is 731 g/mol. The van der Waals surface area contributed by atoms with E-state index in [-0.39, 0.29) is 5.41 Å². The topological polar surface area (TPSA) is 38.4 Å². The van der Waals surface area contributed by atoms with Crippen molar-refractivity contribution in [2.24, 2.45) is 10.7 Å². The molecule has 0 saturated heterocycles. The Morgan fingerprint density at radius 2 is 1.07 bits per heavy atom. The molecule has 0 aliphatic heterocycles. The summed E-state index contributed by atoms with van der Waals surface area (Å²) in [5.74, 6) is 0.497. The summed E-state index contributed by atoms with van der Waals surface area (Å²) in [7, 11) is 0. The normalized spacial score (nSPS) is 13.6. The van der Waals surface area contributed by atoms with Gasteiger partial charge in [0, 0.05) is 16.5 Å². The van der Waals surface area contributed by atoms with E-state index in [0.717, 1.165) is 28.6 Å². The zero-order valence-corrected chi connectivity index (χ0v) is 32.2. The van der Waals surface area contributed by atoms with Gasteiger partial charge in [-0.2, -0.15) is 0 Å². The van der Waals surface area contributed by atoms with Gasteiger partial charge in [0.2, 0.25) is 0 Å². The fourth-order valence-corrected chi connectivity index (χ4v) is 9.08. The summed E-state index contributed by atoms with van der Waals surface area (Å²) in [5, 5.41) is 7.38. The number of nitrogens with zero attached hydrogens (tertiary/aromatic N) is 1. The predicted octanol–water partition coefficient (Wildman–Crippen LogP) is 13.8. The highest BCUT2D eigenvalue weighted by molar-refractivity contribution is 6.12. The van der Waals surface area contributed by atoms with E-state index in [2.05, 4.69) is 178 Å². The number of fused-ring (bicyclic) bond motifs is 7. The van der Waals surface area contributed by atoms with Crippen molar-refractivity contribution in [2.75, 3.05) is 0 Å². The summed E-state index contributed by atoms with van der Waals surface area (Å²) in [6.45, 7) is 4.72. The van der Waals surface area contributed by atoms with Crippen LogP contribution in [0.1, 0.15) is 41.7 Å². The van der Waals surface area contributed by atoms with Gasteiger partial charge in [0.05, 0.1) is 5.70 Å². The fraction of sp³-hybridized carbons (Fsp3) is 0.0727. The first-order chi connectivity index (χ1) is 28.0. The van der Waals surface area contributed by atoms with Crippen molar-refractivity contribution >= 4 is 43.9 Å².